The number of benzene rings is 1. The molecule has 0 radical (unpaired) electrons. The Balaban J connectivity index is 2.02. The first-order chi connectivity index (χ1) is 10.7. The molecule has 2 aromatic rings. The third-order valence-electron chi connectivity index (χ3n) is 2.81. The highest BCUT2D eigenvalue weighted by Gasteiger charge is 2.12. The fraction of sp³-hybridized carbons (Fsp3) is 0.333. The summed E-state index contributed by atoms with van der Waals surface area (Å²) in [7, 11) is 1.68. The summed E-state index contributed by atoms with van der Waals surface area (Å²) in [5, 5.41) is 9.92. The number of nitrogens with zero attached hydrogens (tertiary/aromatic N) is 3. The molecule has 5 nitrogen and oxygen atoms in total. The van der Waals surface area contributed by atoms with E-state index in [1.54, 1.807) is 31.0 Å². The summed E-state index contributed by atoms with van der Waals surface area (Å²) in [6.07, 6.45) is 1.82. The summed E-state index contributed by atoms with van der Waals surface area (Å²) in [6, 6.07) is 7.23. The first-order valence-electron chi connectivity index (χ1n) is 6.77. The van der Waals surface area contributed by atoms with Crippen molar-refractivity contribution < 1.29 is 9.47 Å². The van der Waals surface area contributed by atoms with Crippen LogP contribution in [0.5, 0.6) is 5.75 Å². The van der Waals surface area contributed by atoms with Crippen LogP contribution in [0.2, 0.25) is 5.02 Å². The van der Waals surface area contributed by atoms with Crippen molar-refractivity contribution in [3.05, 3.63) is 47.8 Å². The van der Waals surface area contributed by atoms with Crippen LogP contribution in [-0.4, -0.2) is 34.2 Å². The Hall–Kier alpha value is -1.50. The van der Waals surface area contributed by atoms with Gasteiger partial charge in [0, 0.05) is 24.4 Å². The predicted octanol–water partition coefficient (Wildman–Crippen LogP) is 3.44. The summed E-state index contributed by atoms with van der Waals surface area (Å²) >= 11 is 7.45. The van der Waals surface area contributed by atoms with Gasteiger partial charge < -0.3 is 9.47 Å². The predicted molar refractivity (Wildman–Crippen MR) is 88.6 cm³/mol. The number of halogens is 1. The second kappa shape index (κ2) is 8.82. The van der Waals surface area contributed by atoms with Gasteiger partial charge in [0.2, 0.25) is 0 Å². The Morgan fingerprint density at radius 1 is 1.32 bits per heavy atom. The molecule has 0 aliphatic heterocycles. The second-order valence-electron chi connectivity index (χ2n) is 4.38. The lowest BCUT2D eigenvalue weighted by Crippen LogP contribution is -2.08. The molecule has 0 saturated heterocycles. The van der Waals surface area contributed by atoms with Crippen molar-refractivity contribution in [3.63, 3.8) is 0 Å². The van der Waals surface area contributed by atoms with Gasteiger partial charge in [0.25, 0.3) is 0 Å². The minimum atomic E-state index is 0.341. The molecular formula is C15H18ClN3O2S. The zero-order valence-corrected chi connectivity index (χ0v) is 13.9. The maximum Gasteiger partial charge on any atom is 0.191 e. The van der Waals surface area contributed by atoms with E-state index < -0.39 is 0 Å². The molecule has 0 amide bonds. The van der Waals surface area contributed by atoms with Gasteiger partial charge in [-0.1, -0.05) is 29.4 Å². The lowest BCUT2D eigenvalue weighted by molar-refractivity contribution is 0.218. The van der Waals surface area contributed by atoms with Crippen LogP contribution in [0.15, 0.2) is 42.1 Å². The van der Waals surface area contributed by atoms with Crippen molar-refractivity contribution in [2.45, 2.75) is 18.3 Å². The fourth-order valence-electron chi connectivity index (χ4n) is 1.74. The molecular weight excluding hydrogens is 322 g/mol. The highest BCUT2D eigenvalue weighted by molar-refractivity contribution is 7.99. The van der Waals surface area contributed by atoms with Crippen LogP contribution in [0.1, 0.15) is 5.82 Å². The molecule has 7 heteroatoms. The largest absolute Gasteiger partial charge is 0.486 e. The van der Waals surface area contributed by atoms with Crippen LogP contribution < -0.4 is 4.74 Å². The Morgan fingerprint density at radius 3 is 2.77 bits per heavy atom. The van der Waals surface area contributed by atoms with E-state index >= 15 is 0 Å². The fourth-order valence-corrected chi connectivity index (χ4v) is 2.73. The standard InChI is InChI=1S/C15H18ClN3O2S/c1-3-8-19-14(17-18-15(19)22-10-9-20-2)11-21-13-6-4-12(16)5-7-13/h3-7H,1,8-11H2,2H3. The van der Waals surface area contributed by atoms with Crippen LogP contribution in [0.4, 0.5) is 0 Å². The van der Waals surface area contributed by atoms with E-state index in [2.05, 4.69) is 16.8 Å². The van der Waals surface area contributed by atoms with E-state index in [1.165, 1.54) is 0 Å². The Labute approximate surface area is 139 Å². The van der Waals surface area contributed by atoms with E-state index in [-0.39, 0.29) is 0 Å². The SMILES string of the molecule is C=CCn1c(COc2ccc(Cl)cc2)nnc1SCCOC. The lowest BCUT2D eigenvalue weighted by Gasteiger charge is -2.09. The number of allylic oxidation sites excluding steroid dienone is 1. The first kappa shape index (κ1) is 16.9. The van der Waals surface area contributed by atoms with Crippen molar-refractivity contribution in [3.8, 4) is 5.75 Å². The number of methoxy groups -OCH3 is 1. The average Bonchev–Trinajstić information content (AvgIpc) is 2.90. The van der Waals surface area contributed by atoms with Gasteiger partial charge in [-0.15, -0.1) is 16.8 Å². The number of hydrogen-bond donors (Lipinski definition) is 0. The molecule has 1 aromatic heterocycles. The third-order valence-corrected chi connectivity index (χ3v) is 3.99. The van der Waals surface area contributed by atoms with Crippen LogP contribution in [0.3, 0.4) is 0 Å². The summed E-state index contributed by atoms with van der Waals surface area (Å²) in [5.74, 6) is 2.32. The molecule has 0 aliphatic carbocycles. The summed E-state index contributed by atoms with van der Waals surface area (Å²) in [5.41, 5.74) is 0. The second-order valence-corrected chi connectivity index (χ2v) is 5.88. The van der Waals surface area contributed by atoms with Gasteiger partial charge in [-0.3, -0.25) is 4.57 Å². The first-order valence-corrected chi connectivity index (χ1v) is 8.14. The molecule has 0 N–H and O–H groups in total. The molecule has 0 fully saturated rings. The zero-order valence-electron chi connectivity index (χ0n) is 12.4. The summed E-state index contributed by atoms with van der Waals surface area (Å²) in [4.78, 5) is 0. The van der Waals surface area contributed by atoms with E-state index in [9.17, 15) is 0 Å². The Kier molecular flexibility index (Phi) is 6.76. The van der Waals surface area contributed by atoms with Crippen molar-refractivity contribution in [2.24, 2.45) is 0 Å². The molecule has 2 rings (SSSR count). The number of ether oxygens (including phenoxy) is 2. The van der Waals surface area contributed by atoms with Crippen LogP contribution in [0, 0.1) is 0 Å². The molecule has 22 heavy (non-hydrogen) atoms. The number of hydrogen-bond acceptors (Lipinski definition) is 5. The molecule has 0 unspecified atom stereocenters. The van der Waals surface area contributed by atoms with E-state index in [4.69, 9.17) is 21.1 Å². The van der Waals surface area contributed by atoms with E-state index in [0.29, 0.717) is 24.8 Å². The summed E-state index contributed by atoms with van der Waals surface area (Å²) < 4.78 is 12.8. The maximum atomic E-state index is 5.85. The van der Waals surface area contributed by atoms with E-state index in [0.717, 1.165) is 22.5 Å². The normalized spacial score (nSPS) is 10.6. The van der Waals surface area contributed by atoms with Crippen molar-refractivity contribution >= 4 is 23.4 Å². The maximum absolute atomic E-state index is 5.85. The minimum absolute atomic E-state index is 0.341. The van der Waals surface area contributed by atoms with E-state index in [1.807, 2.05) is 22.8 Å². The van der Waals surface area contributed by atoms with Crippen LogP contribution in [0.25, 0.3) is 0 Å². The number of thioether (sulfide) groups is 1. The van der Waals surface area contributed by atoms with Gasteiger partial charge in [0.1, 0.15) is 12.4 Å². The molecule has 0 spiro atoms. The van der Waals surface area contributed by atoms with Crippen molar-refractivity contribution in [2.75, 3.05) is 19.5 Å². The molecule has 0 saturated carbocycles. The van der Waals surface area contributed by atoms with Crippen LogP contribution >= 0.6 is 23.4 Å². The molecule has 1 heterocycles. The molecule has 118 valence electrons. The van der Waals surface area contributed by atoms with Gasteiger partial charge in [0.15, 0.2) is 11.0 Å². The molecule has 0 aliphatic rings. The molecule has 0 bridgehead atoms. The minimum Gasteiger partial charge on any atom is -0.486 e. The Bertz CT molecular complexity index is 601. The summed E-state index contributed by atoms with van der Waals surface area (Å²) in [6.45, 7) is 5.43. The lowest BCUT2D eigenvalue weighted by atomic mass is 10.3. The monoisotopic (exact) mass is 339 g/mol. The molecule has 0 atom stereocenters. The topological polar surface area (TPSA) is 49.2 Å². The van der Waals surface area contributed by atoms with Crippen molar-refractivity contribution in [1.29, 1.82) is 0 Å². The van der Waals surface area contributed by atoms with Gasteiger partial charge in [-0.05, 0) is 24.3 Å². The highest BCUT2D eigenvalue weighted by atomic mass is 35.5. The van der Waals surface area contributed by atoms with Gasteiger partial charge in [-0.2, -0.15) is 0 Å². The average molecular weight is 340 g/mol. The molecule has 1 aromatic carbocycles. The van der Waals surface area contributed by atoms with Crippen LogP contribution in [-0.2, 0) is 17.9 Å². The number of rotatable bonds is 9. The number of aromatic nitrogens is 3. The van der Waals surface area contributed by atoms with Gasteiger partial charge in [0.05, 0.1) is 6.61 Å². The third kappa shape index (κ3) is 4.76. The van der Waals surface area contributed by atoms with Crippen molar-refractivity contribution in [1.82, 2.24) is 14.8 Å². The Morgan fingerprint density at radius 2 is 2.09 bits per heavy atom. The smallest absolute Gasteiger partial charge is 0.191 e. The quantitative estimate of drug-likeness (QED) is 0.398. The highest BCUT2D eigenvalue weighted by Crippen LogP contribution is 2.19. The van der Waals surface area contributed by atoms with Gasteiger partial charge >= 0.3 is 0 Å². The van der Waals surface area contributed by atoms with Gasteiger partial charge in [-0.25, -0.2) is 0 Å². The zero-order chi connectivity index (χ0) is 15.8.